The lowest BCUT2D eigenvalue weighted by molar-refractivity contribution is -0.135. The van der Waals surface area contributed by atoms with Gasteiger partial charge in [0, 0.05) is 18.2 Å². The molecule has 0 saturated carbocycles. The molecule has 1 aliphatic rings. The van der Waals surface area contributed by atoms with E-state index < -0.39 is 11.5 Å². The van der Waals surface area contributed by atoms with Crippen LogP contribution in [0.25, 0.3) is 0 Å². The number of benzene rings is 2. The summed E-state index contributed by atoms with van der Waals surface area (Å²) in [7, 11) is 1.62. The van der Waals surface area contributed by atoms with Gasteiger partial charge in [-0.3, -0.25) is 9.59 Å². The maximum absolute atomic E-state index is 13.1. The third kappa shape index (κ3) is 2.48. The minimum Gasteiger partial charge on any atom is -0.375 e. The van der Waals surface area contributed by atoms with E-state index in [9.17, 15) is 14.7 Å². The molecule has 1 amide bonds. The van der Waals surface area contributed by atoms with Gasteiger partial charge in [-0.2, -0.15) is 0 Å². The van der Waals surface area contributed by atoms with E-state index in [4.69, 9.17) is 0 Å². The van der Waals surface area contributed by atoms with Crippen LogP contribution in [0.2, 0.25) is 0 Å². The fraction of sp³-hybridized carbons (Fsp3) is 0.333. The number of hydrogen-bond acceptors (Lipinski definition) is 3. The zero-order valence-corrected chi connectivity index (χ0v) is 15.3. The maximum atomic E-state index is 13.1. The third-order valence-electron chi connectivity index (χ3n) is 5.43. The fourth-order valence-corrected chi connectivity index (χ4v) is 3.74. The van der Waals surface area contributed by atoms with E-state index in [2.05, 4.69) is 6.07 Å². The predicted molar refractivity (Wildman–Crippen MR) is 98.1 cm³/mol. The molecule has 1 N–H and O–H groups in total. The van der Waals surface area contributed by atoms with Gasteiger partial charge in [-0.05, 0) is 56.0 Å². The molecule has 2 aromatic rings. The molecule has 1 aliphatic heterocycles. The number of ketones is 1. The van der Waals surface area contributed by atoms with Gasteiger partial charge in [0.1, 0.15) is 0 Å². The summed E-state index contributed by atoms with van der Waals surface area (Å²) in [6.07, 6.45) is -0.252. The molecule has 1 atom stereocenters. The maximum Gasteiger partial charge on any atom is 0.263 e. The van der Waals surface area contributed by atoms with Crippen molar-refractivity contribution in [1.29, 1.82) is 0 Å². The molecular weight excluding hydrogens is 314 g/mol. The molecule has 0 spiro atoms. The van der Waals surface area contributed by atoms with Crippen molar-refractivity contribution < 1.29 is 14.7 Å². The highest BCUT2D eigenvalue weighted by atomic mass is 16.3. The van der Waals surface area contributed by atoms with E-state index in [1.54, 1.807) is 25.2 Å². The van der Waals surface area contributed by atoms with Crippen molar-refractivity contribution >= 4 is 17.4 Å². The Morgan fingerprint density at radius 1 is 1.08 bits per heavy atom. The van der Waals surface area contributed by atoms with Crippen molar-refractivity contribution in [3.05, 3.63) is 63.7 Å². The van der Waals surface area contributed by atoms with E-state index in [0.717, 1.165) is 22.3 Å². The molecule has 0 bridgehead atoms. The molecular formula is C21H23NO3. The first-order chi connectivity index (χ1) is 11.7. The van der Waals surface area contributed by atoms with Gasteiger partial charge in [-0.25, -0.2) is 0 Å². The van der Waals surface area contributed by atoms with Crippen molar-refractivity contribution in [1.82, 2.24) is 0 Å². The standard InChI is InChI=1S/C21H23NO3/c1-12-10-13(2)15(4)19(14(12)3)18(23)11-21(25)16-8-6-7-9-17(16)22(5)20(21)24/h6-10,25H,11H2,1-5H3. The Hall–Kier alpha value is -2.46. The van der Waals surface area contributed by atoms with Crippen LogP contribution in [0.1, 0.15) is 44.6 Å². The summed E-state index contributed by atoms with van der Waals surface area (Å²) in [5.74, 6) is -0.663. The van der Waals surface area contributed by atoms with Gasteiger partial charge in [0.15, 0.2) is 11.4 Å². The summed E-state index contributed by atoms with van der Waals surface area (Å²) in [5.41, 5.74) is 3.84. The second kappa shape index (κ2) is 5.81. The van der Waals surface area contributed by atoms with Gasteiger partial charge in [0.2, 0.25) is 0 Å². The molecule has 0 fully saturated rings. The van der Waals surface area contributed by atoms with Crippen LogP contribution < -0.4 is 4.90 Å². The number of para-hydroxylation sites is 1. The summed E-state index contributed by atoms with van der Waals surface area (Å²) >= 11 is 0. The van der Waals surface area contributed by atoms with E-state index in [1.165, 1.54) is 4.90 Å². The Bertz CT molecular complexity index is 874. The van der Waals surface area contributed by atoms with E-state index in [1.807, 2.05) is 33.8 Å². The normalized spacial score (nSPS) is 19.3. The van der Waals surface area contributed by atoms with E-state index in [-0.39, 0.29) is 12.2 Å². The molecule has 25 heavy (non-hydrogen) atoms. The molecule has 130 valence electrons. The van der Waals surface area contributed by atoms with Gasteiger partial charge in [0.05, 0.1) is 12.1 Å². The van der Waals surface area contributed by atoms with Gasteiger partial charge in [-0.15, -0.1) is 0 Å². The van der Waals surface area contributed by atoms with Crippen LogP contribution in [0.5, 0.6) is 0 Å². The van der Waals surface area contributed by atoms with Crippen molar-refractivity contribution in [3.63, 3.8) is 0 Å². The van der Waals surface area contributed by atoms with E-state index in [0.29, 0.717) is 16.8 Å². The van der Waals surface area contributed by atoms with Gasteiger partial charge in [-0.1, -0.05) is 24.3 Å². The number of rotatable bonds is 3. The lowest BCUT2D eigenvalue weighted by atomic mass is 9.84. The number of amides is 1. The summed E-state index contributed by atoms with van der Waals surface area (Å²) < 4.78 is 0. The Morgan fingerprint density at radius 3 is 2.24 bits per heavy atom. The minimum absolute atomic E-state index is 0.206. The number of nitrogens with zero attached hydrogens (tertiary/aromatic N) is 1. The van der Waals surface area contributed by atoms with Crippen molar-refractivity contribution in [2.45, 2.75) is 39.7 Å². The van der Waals surface area contributed by atoms with Gasteiger partial charge in [0.25, 0.3) is 5.91 Å². The van der Waals surface area contributed by atoms with Crippen LogP contribution in [0.3, 0.4) is 0 Å². The number of carbonyl (C=O) groups excluding carboxylic acids is 2. The smallest absolute Gasteiger partial charge is 0.263 e. The Morgan fingerprint density at radius 2 is 1.64 bits per heavy atom. The second-order valence-corrected chi connectivity index (χ2v) is 6.98. The lowest BCUT2D eigenvalue weighted by Crippen LogP contribution is -2.40. The Kier molecular flexibility index (Phi) is 4.04. The highest BCUT2D eigenvalue weighted by Gasteiger charge is 2.49. The molecule has 0 aliphatic carbocycles. The molecule has 0 radical (unpaired) electrons. The molecule has 0 saturated heterocycles. The van der Waals surface area contributed by atoms with Crippen LogP contribution >= 0.6 is 0 Å². The Balaban J connectivity index is 2.07. The van der Waals surface area contributed by atoms with Crippen LogP contribution in [-0.2, 0) is 10.4 Å². The molecule has 1 unspecified atom stereocenters. The number of likely N-dealkylation sites (N-methyl/N-ethyl adjacent to an activating group) is 1. The highest BCUT2D eigenvalue weighted by Crippen LogP contribution is 2.42. The molecule has 1 heterocycles. The summed E-state index contributed by atoms with van der Waals surface area (Å²) in [6, 6.07) is 9.14. The molecule has 2 aromatic carbocycles. The largest absolute Gasteiger partial charge is 0.375 e. The SMILES string of the molecule is Cc1cc(C)c(C)c(C(=O)CC2(O)C(=O)N(C)c3ccccc32)c1C. The number of aryl methyl sites for hydroxylation is 2. The predicted octanol–water partition coefficient (Wildman–Crippen LogP) is 3.36. The number of hydrogen-bond donors (Lipinski definition) is 1. The average molecular weight is 337 g/mol. The van der Waals surface area contributed by atoms with Gasteiger partial charge < -0.3 is 10.0 Å². The van der Waals surface area contributed by atoms with Crippen LogP contribution in [0.15, 0.2) is 30.3 Å². The van der Waals surface area contributed by atoms with Crippen LogP contribution in [0, 0.1) is 27.7 Å². The van der Waals surface area contributed by atoms with Crippen LogP contribution in [0.4, 0.5) is 5.69 Å². The quantitative estimate of drug-likeness (QED) is 0.874. The molecule has 4 heteroatoms. The van der Waals surface area contributed by atoms with Crippen molar-refractivity contribution in [2.75, 3.05) is 11.9 Å². The fourth-order valence-electron chi connectivity index (χ4n) is 3.74. The minimum atomic E-state index is -1.81. The number of carbonyl (C=O) groups is 2. The summed E-state index contributed by atoms with van der Waals surface area (Å²) in [4.78, 5) is 27.2. The van der Waals surface area contributed by atoms with Gasteiger partial charge >= 0.3 is 0 Å². The number of anilines is 1. The number of fused-ring (bicyclic) bond motifs is 1. The topological polar surface area (TPSA) is 57.6 Å². The first kappa shape index (κ1) is 17.4. The molecule has 0 aromatic heterocycles. The second-order valence-electron chi connectivity index (χ2n) is 6.98. The monoisotopic (exact) mass is 337 g/mol. The first-order valence-corrected chi connectivity index (χ1v) is 8.39. The molecule has 3 rings (SSSR count). The summed E-state index contributed by atoms with van der Waals surface area (Å²) in [6.45, 7) is 7.76. The van der Waals surface area contributed by atoms with E-state index >= 15 is 0 Å². The highest BCUT2D eigenvalue weighted by molar-refractivity contribution is 6.11. The lowest BCUT2D eigenvalue weighted by Gasteiger charge is -2.23. The van der Waals surface area contributed by atoms with Crippen molar-refractivity contribution in [2.24, 2.45) is 0 Å². The number of aliphatic hydroxyl groups is 1. The molecule has 4 nitrogen and oxygen atoms in total. The zero-order chi connectivity index (χ0) is 18.5. The zero-order valence-electron chi connectivity index (χ0n) is 15.3. The number of Topliss-reactive ketones (excluding diaryl/α,β-unsaturated/α-hetero) is 1. The first-order valence-electron chi connectivity index (χ1n) is 8.39. The Labute approximate surface area is 148 Å². The summed E-state index contributed by atoms with van der Waals surface area (Å²) in [5, 5.41) is 11.1. The average Bonchev–Trinajstić information content (AvgIpc) is 2.76. The third-order valence-corrected chi connectivity index (χ3v) is 5.43. The van der Waals surface area contributed by atoms with Crippen molar-refractivity contribution in [3.8, 4) is 0 Å². The van der Waals surface area contributed by atoms with Crippen LogP contribution in [-0.4, -0.2) is 23.8 Å².